The Labute approximate surface area is 78.4 Å². The summed E-state index contributed by atoms with van der Waals surface area (Å²) in [5.74, 6) is -1.20. The molecular formula is C8H17O4P. The lowest BCUT2D eigenvalue weighted by atomic mass is 10.2. The first kappa shape index (κ1) is 12.7. The molecule has 13 heavy (non-hydrogen) atoms. The molecule has 78 valence electrons. The van der Waals surface area contributed by atoms with Gasteiger partial charge in [0.1, 0.15) is 6.16 Å². The Morgan fingerprint density at radius 2 is 2.08 bits per heavy atom. The third-order valence-corrected chi connectivity index (χ3v) is 4.39. The fraction of sp³-hybridized carbons (Fsp3) is 0.875. The standard InChI is InChI=1S/C8H17O4P/c1-3-4-5-7(2)13(11,12)6-8(9)10/h7H,3-6H2,1-2H3,(H,9,10)(H,11,12). The van der Waals surface area contributed by atoms with Gasteiger partial charge in [0.15, 0.2) is 0 Å². The zero-order chi connectivity index (χ0) is 10.5. The Bertz CT molecular complexity index is 214. The Hall–Kier alpha value is -0.340. The summed E-state index contributed by atoms with van der Waals surface area (Å²) in [5.41, 5.74) is -0.399. The van der Waals surface area contributed by atoms with Crippen LogP contribution in [-0.2, 0) is 9.36 Å². The summed E-state index contributed by atoms with van der Waals surface area (Å²) in [4.78, 5) is 19.6. The van der Waals surface area contributed by atoms with E-state index in [1.54, 1.807) is 6.92 Å². The highest BCUT2D eigenvalue weighted by Gasteiger charge is 2.29. The van der Waals surface area contributed by atoms with Gasteiger partial charge >= 0.3 is 5.97 Å². The van der Waals surface area contributed by atoms with Crippen molar-refractivity contribution in [2.45, 2.75) is 38.8 Å². The second-order valence-electron chi connectivity index (χ2n) is 3.30. The second-order valence-corrected chi connectivity index (χ2v) is 6.01. The van der Waals surface area contributed by atoms with Crippen molar-refractivity contribution in [2.24, 2.45) is 0 Å². The third kappa shape index (κ3) is 5.06. The van der Waals surface area contributed by atoms with Crippen molar-refractivity contribution in [3.8, 4) is 0 Å². The smallest absolute Gasteiger partial charge is 0.313 e. The minimum atomic E-state index is -3.47. The highest BCUT2D eigenvalue weighted by atomic mass is 31.2. The molecule has 0 aliphatic carbocycles. The van der Waals surface area contributed by atoms with Crippen LogP contribution in [-0.4, -0.2) is 27.8 Å². The number of aliphatic carboxylic acids is 1. The molecule has 5 heteroatoms. The van der Waals surface area contributed by atoms with E-state index in [1.807, 2.05) is 6.92 Å². The highest BCUT2D eigenvalue weighted by molar-refractivity contribution is 7.59. The molecule has 0 radical (unpaired) electrons. The van der Waals surface area contributed by atoms with Gasteiger partial charge in [-0.05, 0) is 6.42 Å². The van der Waals surface area contributed by atoms with Crippen LogP contribution in [0.5, 0.6) is 0 Å². The third-order valence-electron chi connectivity index (χ3n) is 2.03. The number of rotatable bonds is 6. The molecule has 0 bridgehead atoms. The maximum Gasteiger partial charge on any atom is 0.313 e. The van der Waals surface area contributed by atoms with E-state index in [0.29, 0.717) is 6.42 Å². The number of carboxylic acids is 1. The zero-order valence-corrected chi connectivity index (χ0v) is 8.96. The summed E-state index contributed by atoms with van der Waals surface area (Å²) in [6, 6.07) is 0. The summed E-state index contributed by atoms with van der Waals surface area (Å²) in [7, 11) is -3.47. The molecule has 0 aromatic rings. The van der Waals surface area contributed by atoms with Crippen LogP contribution in [0.4, 0.5) is 0 Å². The number of carboxylic acid groups (broad SMARTS) is 1. The Morgan fingerprint density at radius 3 is 2.46 bits per heavy atom. The van der Waals surface area contributed by atoms with E-state index in [4.69, 9.17) is 5.11 Å². The fourth-order valence-corrected chi connectivity index (χ4v) is 2.34. The first-order chi connectivity index (χ1) is 5.90. The first-order valence-electron chi connectivity index (χ1n) is 4.43. The normalized spacial score (nSPS) is 17.8. The molecule has 0 saturated carbocycles. The molecule has 0 aromatic heterocycles. The molecular weight excluding hydrogens is 191 g/mol. The van der Waals surface area contributed by atoms with Gasteiger partial charge in [0, 0.05) is 5.66 Å². The van der Waals surface area contributed by atoms with Crippen molar-refractivity contribution < 1.29 is 19.4 Å². The van der Waals surface area contributed by atoms with Crippen LogP contribution < -0.4 is 0 Å². The van der Waals surface area contributed by atoms with Crippen molar-refractivity contribution in [3.05, 3.63) is 0 Å². The van der Waals surface area contributed by atoms with Crippen LogP contribution in [0.2, 0.25) is 0 Å². The van der Waals surface area contributed by atoms with Gasteiger partial charge in [-0.3, -0.25) is 9.36 Å². The van der Waals surface area contributed by atoms with Gasteiger partial charge in [-0.15, -0.1) is 0 Å². The lowest BCUT2D eigenvalue weighted by Crippen LogP contribution is -2.12. The first-order valence-corrected chi connectivity index (χ1v) is 6.34. The summed E-state index contributed by atoms with van der Waals surface area (Å²) in [6.07, 6.45) is 1.83. The number of hydrogen-bond acceptors (Lipinski definition) is 2. The van der Waals surface area contributed by atoms with E-state index >= 15 is 0 Å². The topological polar surface area (TPSA) is 74.6 Å². The molecule has 0 aliphatic rings. The van der Waals surface area contributed by atoms with Gasteiger partial charge in [-0.25, -0.2) is 0 Å². The van der Waals surface area contributed by atoms with E-state index in [-0.39, 0.29) is 0 Å². The quantitative estimate of drug-likeness (QED) is 0.654. The highest BCUT2D eigenvalue weighted by Crippen LogP contribution is 2.47. The minimum absolute atomic E-state index is 0.399. The number of carbonyl (C=O) groups is 1. The average molecular weight is 208 g/mol. The van der Waals surface area contributed by atoms with E-state index in [2.05, 4.69) is 0 Å². The van der Waals surface area contributed by atoms with Gasteiger partial charge < -0.3 is 10.00 Å². The molecule has 2 unspecified atom stereocenters. The second kappa shape index (κ2) is 5.40. The lowest BCUT2D eigenvalue weighted by molar-refractivity contribution is -0.134. The van der Waals surface area contributed by atoms with Gasteiger partial charge in [0.05, 0.1) is 0 Å². The predicted molar refractivity (Wildman–Crippen MR) is 51.3 cm³/mol. The van der Waals surface area contributed by atoms with Gasteiger partial charge in [-0.2, -0.15) is 0 Å². The molecule has 0 saturated heterocycles. The maximum atomic E-state index is 11.4. The molecule has 4 nitrogen and oxygen atoms in total. The summed E-state index contributed by atoms with van der Waals surface area (Å²) in [6.45, 7) is 3.63. The van der Waals surface area contributed by atoms with Crippen LogP contribution >= 0.6 is 7.37 Å². The molecule has 0 spiro atoms. The molecule has 0 heterocycles. The Morgan fingerprint density at radius 1 is 1.54 bits per heavy atom. The van der Waals surface area contributed by atoms with Gasteiger partial charge in [0.2, 0.25) is 7.37 Å². The number of hydrogen-bond donors (Lipinski definition) is 2. The van der Waals surface area contributed by atoms with Gasteiger partial charge in [-0.1, -0.05) is 26.7 Å². The van der Waals surface area contributed by atoms with Gasteiger partial charge in [0.25, 0.3) is 0 Å². The summed E-state index contributed by atoms with van der Waals surface area (Å²) in [5, 5.41) is 8.39. The average Bonchev–Trinajstić information content (AvgIpc) is 1.97. The van der Waals surface area contributed by atoms with Crippen molar-refractivity contribution in [1.82, 2.24) is 0 Å². The van der Waals surface area contributed by atoms with Crippen LogP contribution in [0.1, 0.15) is 33.1 Å². The lowest BCUT2D eigenvalue weighted by Gasteiger charge is -2.16. The summed E-state index contributed by atoms with van der Waals surface area (Å²) < 4.78 is 11.4. The largest absolute Gasteiger partial charge is 0.481 e. The van der Waals surface area contributed by atoms with E-state index in [0.717, 1.165) is 12.8 Å². The van der Waals surface area contributed by atoms with Crippen molar-refractivity contribution in [3.63, 3.8) is 0 Å². The van der Waals surface area contributed by atoms with E-state index < -0.39 is 25.2 Å². The van der Waals surface area contributed by atoms with Crippen molar-refractivity contribution >= 4 is 13.3 Å². The molecule has 0 rings (SSSR count). The summed E-state index contributed by atoms with van der Waals surface area (Å²) >= 11 is 0. The Balaban J connectivity index is 4.10. The molecule has 0 fully saturated rings. The minimum Gasteiger partial charge on any atom is -0.481 e. The van der Waals surface area contributed by atoms with Crippen LogP contribution in [0.3, 0.4) is 0 Å². The van der Waals surface area contributed by atoms with Crippen molar-refractivity contribution in [2.75, 3.05) is 6.16 Å². The molecule has 2 N–H and O–H groups in total. The molecule has 0 aromatic carbocycles. The van der Waals surface area contributed by atoms with E-state index in [9.17, 15) is 14.3 Å². The SMILES string of the molecule is CCCCC(C)P(=O)(O)CC(=O)O. The predicted octanol–water partition coefficient (Wildman–Crippen LogP) is 1.92. The zero-order valence-electron chi connectivity index (χ0n) is 8.06. The van der Waals surface area contributed by atoms with Crippen LogP contribution in [0.15, 0.2) is 0 Å². The van der Waals surface area contributed by atoms with Crippen LogP contribution in [0.25, 0.3) is 0 Å². The van der Waals surface area contributed by atoms with Crippen LogP contribution in [0, 0.1) is 0 Å². The number of unbranched alkanes of at least 4 members (excludes halogenated alkanes) is 1. The molecule has 0 amide bonds. The van der Waals surface area contributed by atoms with E-state index in [1.165, 1.54) is 0 Å². The maximum absolute atomic E-state index is 11.4. The Kier molecular flexibility index (Phi) is 5.26. The monoisotopic (exact) mass is 208 g/mol. The fourth-order valence-electron chi connectivity index (χ4n) is 1.05. The van der Waals surface area contributed by atoms with Crippen molar-refractivity contribution in [1.29, 1.82) is 0 Å². The molecule has 0 aliphatic heterocycles. The molecule has 2 atom stereocenters.